The SMILES string of the molecule is CCCCC/C=C\C/C=C\CCCCCCCCCC(=O)O[C@H](COC(=O)CCC/C=C\C[C@H]1C=CC(=O)[C@@H]1/C=C/[C@@H](O)CCCCC)COP(=O)(O)OC[C@H](N)C(=O)O. The van der Waals surface area contributed by atoms with Gasteiger partial charge in [0.05, 0.1) is 19.3 Å². The van der Waals surface area contributed by atoms with Crippen molar-refractivity contribution in [3.05, 3.63) is 60.8 Å². The largest absolute Gasteiger partial charge is 0.480 e. The number of hydrogen-bond donors (Lipinski definition) is 4. The Bertz CT molecular complexity index is 1390. The molecule has 5 N–H and O–H groups in total. The summed E-state index contributed by atoms with van der Waals surface area (Å²) in [4.78, 5) is 58.5. The van der Waals surface area contributed by atoms with Crippen LogP contribution in [0.25, 0.3) is 0 Å². The number of aliphatic hydroxyl groups is 1. The second-order valence-corrected chi connectivity index (χ2v) is 16.9. The lowest BCUT2D eigenvalue weighted by molar-refractivity contribution is -0.161. The number of rotatable bonds is 38. The molecule has 6 atom stereocenters. The zero-order valence-corrected chi connectivity index (χ0v) is 37.3. The molecule has 0 radical (unpaired) electrons. The third-order valence-corrected chi connectivity index (χ3v) is 10.9. The first-order chi connectivity index (χ1) is 28.9. The summed E-state index contributed by atoms with van der Waals surface area (Å²) >= 11 is 0. The molecule has 0 fully saturated rings. The molecule has 0 aliphatic heterocycles. The minimum Gasteiger partial charge on any atom is -0.480 e. The highest BCUT2D eigenvalue weighted by molar-refractivity contribution is 7.47. The average molecular weight is 866 g/mol. The molecular weight excluding hydrogens is 789 g/mol. The van der Waals surface area contributed by atoms with Gasteiger partial charge in [-0.3, -0.25) is 28.2 Å². The van der Waals surface area contributed by atoms with Crippen molar-refractivity contribution >= 4 is 31.5 Å². The van der Waals surface area contributed by atoms with Gasteiger partial charge < -0.3 is 30.3 Å². The van der Waals surface area contributed by atoms with Gasteiger partial charge >= 0.3 is 25.7 Å². The topological polar surface area (TPSA) is 209 Å². The summed E-state index contributed by atoms with van der Waals surface area (Å²) in [5.74, 6) is -2.86. The van der Waals surface area contributed by atoms with Crippen molar-refractivity contribution in [3.8, 4) is 0 Å². The Morgan fingerprint density at radius 2 is 1.35 bits per heavy atom. The number of ether oxygens (including phenoxy) is 2. The van der Waals surface area contributed by atoms with E-state index in [0.29, 0.717) is 32.1 Å². The molecule has 0 spiro atoms. The van der Waals surface area contributed by atoms with Gasteiger partial charge in [-0.05, 0) is 76.2 Å². The fraction of sp³-hybridized carbons (Fsp3) is 0.696. The van der Waals surface area contributed by atoms with Gasteiger partial charge in [-0.15, -0.1) is 0 Å². The average Bonchev–Trinajstić information content (AvgIpc) is 3.57. The van der Waals surface area contributed by atoms with Crippen LogP contribution in [-0.2, 0) is 42.3 Å². The number of carboxylic acid groups (broad SMARTS) is 1. The van der Waals surface area contributed by atoms with E-state index in [1.165, 1.54) is 19.3 Å². The number of aliphatic carboxylic acids is 1. The Labute approximate surface area is 359 Å². The second kappa shape index (κ2) is 35.4. The first kappa shape index (κ1) is 54.8. The molecule has 1 aliphatic carbocycles. The van der Waals surface area contributed by atoms with Gasteiger partial charge in [0.15, 0.2) is 11.9 Å². The minimum absolute atomic E-state index is 0.00127. The molecule has 0 aromatic carbocycles. The molecule has 342 valence electrons. The van der Waals surface area contributed by atoms with E-state index in [2.05, 4.69) is 42.7 Å². The number of carbonyl (C=O) groups excluding carboxylic acids is 3. The van der Waals surface area contributed by atoms with E-state index >= 15 is 0 Å². The highest BCUT2D eigenvalue weighted by atomic mass is 31.2. The number of phosphoric ester groups is 1. The molecule has 0 aromatic rings. The first-order valence-electron chi connectivity index (χ1n) is 22.4. The molecule has 1 rings (SSSR count). The van der Waals surface area contributed by atoms with Crippen LogP contribution in [0.2, 0.25) is 0 Å². The maximum absolute atomic E-state index is 12.7. The summed E-state index contributed by atoms with van der Waals surface area (Å²) in [7, 11) is -4.77. The van der Waals surface area contributed by atoms with Gasteiger partial charge in [0.25, 0.3) is 0 Å². The van der Waals surface area contributed by atoms with Gasteiger partial charge in [0.1, 0.15) is 12.6 Å². The lowest BCUT2D eigenvalue weighted by Crippen LogP contribution is -2.34. The number of carboxylic acids is 1. The van der Waals surface area contributed by atoms with Crippen LogP contribution in [0.3, 0.4) is 0 Å². The van der Waals surface area contributed by atoms with Crippen LogP contribution in [-0.4, -0.2) is 76.9 Å². The number of hydrogen-bond acceptors (Lipinski definition) is 11. The van der Waals surface area contributed by atoms with Crippen molar-refractivity contribution in [1.82, 2.24) is 0 Å². The van der Waals surface area contributed by atoms with Gasteiger partial charge in [-0.1, -0.05) is 133 Å². The third kappa shape index (κ3) is 29.9. The number of esters is 2. The third-order valence-electron chi connectivity index (χ3n) is 9.99. The van der Waals surface area contributed by atoms with E-state index in [9.17, 15) is 33.7 Å². The van der Waals surface area contributed by atoms with Crippen LogP contribution < -0.4 is 5.73 Å². The standard InChI is InChI=1S/C46H76NO12P/c1-3-5-7-8-9-10-11-12-13-14-15-16-17-18-19-20-26-30-45(51)59-40(36-57-60(54,55)58-37-42(47)46(52)53)35-56-44(50)29-25-22-21-24-27-38-31-34-43(49)41(38)33-32-39(48)28-23-6-4-2/h9-10,12-13,21,24,31-34,38-42,48H,3-8,11,14-20,22-23,25-30,35-37,47H2,1-2H3,(H,52,53)(H,54,55)/b10-9-,13-12-,24-21-,33-32+/t38-,39-,40+,41+,42-/m0/s1. The molecule has 0 amide bonds. The monoisotopic (exact) mass is 866 g/mol. The number of unbranched alkanes of at least 4 members (excludes halogenated alkanes) is 13. The Morgan fingerprint density at radius 1 is 0.767 bits per heavy atom. The summed E-state index contributed by atoms with van der Waals surface area (Å²) in [6.45, 7) is 2.46. The maximum Gasteiger partial charge on any atom is 0.472 e. The molecule has 0 heterocycles. The lowest BCUT2D eigenvalue weighted by atomic mass is 9.90. The summed E-state index contributed by atoms with van der Waals surface area (Å²) in [6.07, 6.45) is 37.7. The Kier molecular flexibility index (Phi) is 32.4. The van der Waals surface area contributed by atoms with E-state index < -0.39 is 63.8 Å². The van der Waals surface area contributed by atoms with E-state index in [1.54, 1.807) is 12.2 Å². The number of phosphoric acid groups is 1. The summed E-state index contributed by atoms with van der Waals surface area (Å²) < 4.78 is 32.7. The van der Waals surface area contributed by atoms with Crippen LogP contribution in [0.4, 0.5) is 0 Å². The molecule has 1 unspecified atom stereocenters. The van der Waals surface area contributed by atoms with Crippen molar-refractivity contribution in [2.75, 3.05) is 19.8 Å². The molecule has 0 bridgehead atoms. The number of allylic oxidation sites excluding steroid dienone is 9. The lowest BCUT2D eigenvalue weighted by Gasteiger charge is -2.20. The van der Waals surface area contributed by atoms with E-state index in [1.807, 2.05) is 24.3 Å². The smallest absolute Gasteiger partial charge is 0.472 e. The molecular formula is C46H76NO12P. The van der Waals surface area contributed by atoms with Crippen LogP contribution in [0, 0.1) is 11.8 Å². The summed E-state index contributed by atoms with van der Waals surface area (Å²) in [6, 6.07) is -1.55. The van der Waals surface area contributed by atoms with Crippen molar-refractivity contribution in [2.24, 2.45) is 17.6 Å². The Balaban J connectivity index is 2.45. The molecule has 0 saturated carbocycles. The molecule has 13 nitrogen and oxygen atoms in total. The fourth-order valence-corrected chi connectivity index (χ4v) is 7.10. The first-order valence-corrected chi connectivity index (χ1v) is 23.9. The van der Waals surface area contributed by atoms with Gasteiger partial charge in [0.2, 0.25) is 0 Å². The minimum atomic E-state index is -4.77. The van der Waals surface area contributed by atoms with E-state index in [0.717, 1.165) is 77.0 Å². The highest BCUT2D eigenvalue weighted by Gasteiger charge is 2.29. The van der Waals surface area contributed by atoms with Gasteiger partial charge in [-0.2, -0.15) is 0 Å². The van der Waals surface area contributed by atoms with Gasteiger partial charge in [0, 0.05) is 18.8 Å². The molecule has 1 aliphatic rings. The number of aliphatic hydroxyl groups excluding tert-OH is 1. The number of carbonyl (C=O) groups is 4. The zero-order chi connectivity index (χ0) is 44.3. The predicted octanol–water partition coefficient (Wildman–Crippen LogP) is 9.57. The second-order valence-electron chi connectivity index (χ2n) is 15.5. The van der Waals surface area contributed by atoms with E-state index in [-0.39, 0.29) is 30.5 Å². The number of ketones is 1. The van der Waals surface area contributed by atoms with E-state index in [4.69, 9.17) is 24.8 Å². The number of nitrogens with two attached hydrogens (primary N) is 1. The predicted molar refractivity (Wildman–Crippen MR) is 235 cm³/mol. The summed E-state index contributed by atoms with van der Waals surface area (Å²) in [5.41, 5.74) is 5.33. The van der Waals surface area contributed by atoms with Crippen molar-refractivity contribution in [3.63, 3.8) is 0 Å². The Hall–Kier alpha value is -3.19. The normalized spacial score (nSPS) is 18.2. The fourth-order valence-electron chi connectivity index (χ4n) is 6.32. The van der Waals surface area contributed by atoms with Crippen molar-refractivity contribution < 1.29 is 57.4 Å². The molecule has 0 saturated heterocycles. The Morgan fingerprint density at radius 3 is 2.03 bits per heavy atom. The van der Waals surface area contributed by atoms with Crippen LogP contribution in [0.5, 0.6) is 0 Å². The zero-order valence-electron chi connectivity index (χ0n) is 36.4. The van der Waals surface area contributed by atoms with Crippen LogP contribution in [0.1, 0.15) is 155 Å². The van der Waals surface area contributed by atoms with Crippen molar-refractivity contribution in [1.29, 1.82) is 0 Å². The molecule has 60 heavy (non-hydrogen) atoms. The van der Waals surface area contributed by atoms with Crippen LogP contribution >= 0.6 is 7.82 Å². The highest BCUT2D eigenvalue weighted by Crippen LogP contribution is 2.43. The van der Waals surface area contributed by atoms with Gasteiger partial charge in [-0.25, -0.2) is 4.57 Å². The summed E-state index contributed by atoms with van der Waals surface area (Å²) in [5, 5.41) is 19.1. The molecule has 0 aromatic heterocycles. The quantitative estimate of drug-likeness (QED) is 0.0197. The van der Waals surface area contributed by atoms with Crippen LogP contribution in [0.15, 0.2) is 60.8 Å². The maximum atomic E-state index is 12.7. The van der Waals surface area contributed by atoms with Crippen molar-refractivity contribution in [2.45, 2.75) is 173 Å². The molecule has 14 heteroatoms.